The Morgan fingerprint density at radius 2 is 1.35 bits per heavy atom. The van der Waals surface area contributed by atoms with Crippen LogP contribution in [0.5, 0.6) is 23.0 Å². The van der Waals surface area contributed by atoms with Gasteiger partial charge in [-0.1, -0.05) is 29.8 Å². The maximum absolute atomic E-state index is 12.2. The van der Waals surface area contributed by atoms with E-state index in [0.29, 0.717) is 5.75 Å². The molecule has 0 bridgehead atoms. The lowest BCUT2D eigenvalue weighted by atomic mass is 10.2. The van der Waals surface area contributed by atoms with E-state index in [9.17, 15) is 28.6 Å². The molecule has 3 aromatic carbocycles. The van der Waals surface area contributed by atoms with Crippen LogP contribution in [0, 0.1) is 27.2 Å². The van der Waals surface area contributed by atoms with Gasteiger partial charge < -0.3 is 24.1 Å². The standard InChI is InChI=1S/C16H15NO7S.C9H9NO5/c1-11-5-7-13(8-6-11)25(20,21)23-10-12-9-22-15-4-2-3-14(17(18)19)16(15)24-12;11-4-6-5-14-8-3-1-2-7(10(12)13)9(8)15-6/h2-8,12H,9-10H2,1H3;1-3,6,11H,4-5H2. The molecule has 0 saturated carbocycles. The van der Waals surface area contributed by atoms with Crippen LogP contribution in [0.2, 0.25) is 0 Å². The van der Waals surface area contributed by atoms with E-state index in [2.05, 4.69) is 0 Å². The lowest BCUT2D eigenvalue weighted by molar-refractivity contribution is -0.386. The highest BCUT2D eigenvalue weighted by molar-refractivity contribution is 7.86. The molecule has 2 aliphatic rings. The van der Waals surface area contributed by atoms with Crippen molar-refractivity contribution < 1.29 is 46.5 Å². The zero-order valence-electron chi connectivity index (χ0n) is 21.0. The molecule has 14 nitrogen and oxygen atoms in total. The van der Waals surface area contributed by atoms with Crippen molar-refractivity contribution in [2.75, 3.05) is 26.4 Å². The normalized spacial score (nSPS) is 17.2. The fourth-order valence-electron chi connectivity index (χ4n) is 3.64. The molecule has 0 aliphatic carbocycles. The average molecular weight is 577 g/mol. The topological polar surface area (TPSA) is 187 Å². The van der Waals surface area contributed by atoms with Gasteiger partial charge in [0.15, 0.2) is 23.7 Å². The van der Waals surface area contributed by atoms with Crippen molar-refractivity contribution in [1.82, 2.24) is 0 Å². The first-order valence-corrected chi connectivity index (χ1v) is 13.2. The van der Waals surface area contributed by atoms with Crippen molar-refractivity contribution in [3.63, 3.8) is 0 Å². The van der Waals surface area contributed by atoms with Crippen molar-refractivity contribution in [3.8, 4) is 23.0 Å². The quantitative estimate of drug-likeness (QED) is 0.246. The summed E-state index contributed by atoms with van der Waals surface area (Å²) >= 11 is 0. The average Bonchev–Trinajstić information content (AvgIpc) is 2.95. The summed E-state index contributed by atoms with van der Waals surface area (Å²) in [7, 11) is -3.95. The van der Waals surface area contributed by atoms with Crippen LogP contribution in [0.15, 0.2) is 65.6 Å². The van der Waals surface area contributed by atoms with Gasteiger partial charge in [0.2, 0.25) is 11.5 Å². The zero-order chi connectivity index (χ0) is 28.9. The number of para-hydroxylation sites is 2. The van der Waals surface area contributed by atoms with E-state index in [4.69, 9.17) is 28.2 Å². The molecule has 2 aliphatic heterocycles. The number of rotatable bonds is 7. The highest BCUT2D eigenvalue weighted by Crippen LogP contribution is 2.40. The van der Waals surface area contributed by atoms with Gasteiger partial charge in [0.05, 0.1) is 21.3 Å². The van der Waals surface area contributed by atoms with Crippen molar-refractivity contribution in [3.05, 3.63) is 86.5 Å². The summed E-state index contributed by atoms with van der Waals surface area (Å²) in [6.45, 7) is 1.52. The molecular weight excluding hydrogens is 552 g/mol. The molecule has 2 unspecified atom stereocenters. The van der Waals surface area contributed by atoms with Gasteiger partial charge >= 0.3 is 11.4 Å². The maximum atomic E-state index is 12.2. The highest BCUT2D eigenvalue weighted by Gasteiger charge is 2.30. The zero-order valence-corrected chi connectivity index (χ0v) is 21.8. The summed E-state index contributed by atoms with van der Waals surface area (Å²) in [6.07, 6.45) is -1.33. The fraction of sp³-hybridized carbons (Fsp3) is 0.280. The summed E-state index contributed by atoms with van der Waals surface area (Å²) in [6, 6.07) is 15.0. The number of benzene rings is 3. The van der Waals surface area contributed by atoms with E-state index in [1.54, 1.807) is 24.3 Å². The Labute approximate surface area is 228 Å². The Morgan fingerprint density at radius 3 is 1.85 bits per heavy atom. The Bertz CT molecular complexity index is 1490. The van der Waals surface area contributed by atoms with Crippen LogP contribution in [0.4, 0.5) is 11.4 Å². The number of aliphatic hydroxyl groups excluding tert-OH is 1. The molecule has 0 amide bonds. The maximum Gasteiger partial charge on any atom is 0.314 e. The van der Waals surface area contributed by atoms with E-state index < -0.39 is 32.2 Å². The SMILES string of the molecule is Cc1ccc(S(=O)(=O)OCC2COc3cccc([N+](=O)[O-])c3O2)cc1.O=[N+]([O-])c1cccc2c1OC(CO)CO2. The third kappa shape index (κ3) is 6.56. The van der Waals surface area contributed by atoms with Crippen LogP contribution in [0.1, 0.15) is 5.56 Å². The van der Waals surface area contributed by atoms with E-state index >= 15 is 0 Å². The van der Waals surface area contributed by atoms with Crippen LogP contribution in [0.3, 0.4) is 0 Å². The number of fused-ring (bicyclic) bond motifs is 2. The highest BCUT2D eigenvalue weighted by atomic mass is 32.2. The molecule has 5 rings (SSSR count). The van der Waals surface area contributed by atoms with Crippen molar-refractivity contribution in [1.29, 1.82) is 0 Å². The molecule has 15 heteroatoms. The van der Waals surface area contributed by atoms with Gasteiger partial charge in [-0.15, -0.1) is 0 Å². The molecular formula is C25H24N2O12S. The Morgan fingerprint density at radius 1 is 0.850 bits per heavy atom. The number of nitro groups is 2. The second-order valence-corrected chi connectivity index (χ2v) is 10.2. The largest absolute Gasteiger partial charge is 0.485 e. The minimum Gasteiger partial charge on any atom is -0.485 e. The first-order chi connectivity index (χ1) is 19.1. The first kappa shape index (κ1) is 28.5. The van der Waals surface area contributed by atoms with Crippen LogP contribution in [-0.4, -0.2) is 62.0 Å². The van der Waals surface area contributed by atoms with Gasteiger partial charge in [0.25, 0.3) is 10.1 Å². The molecule has 1 N–H and O–H groups in total. The van der Waals surface area contributed by atoms with Crippen LogP contribution >= 0.6 is 0 Å². The number of hydrogen-bond acceptors (Lipinski definition) is 12. The third-order valence-electron chi connectivity index (χ3n) is 5.65. The fourth-order valence-corrected chi connectivity index (χ4v) is 4.57. The number of aryl methyl sites for hydroxylation is 1. The molecule has 2 heterocycles. The monoisotopic (exact) mass is 576 g/mol. The van der Waals surface area contributed by atoms with Gasteiger partial charge in [-0.3, -0.25) is 24.4 Å². The van der Waals surface area contributed by atoms with Crippen molar-refractivity contribution >= 4 is 21.5 Å². The van der Waals surface area contributed by atoms with E-state index in [1.807, 2.05) is 6.92 Å². The molecule has 2 atom stereocenters. The summed E-state index contributed by atoms with van der Waals surface area (Å²) in [4.78, 5) is 20.6. The molecule has 40 heavy (non-hydrogen) atoms. The van der Waals surface area contributed by atoms with Gasteiger partial charge in [-0.2, -0.15) is 8.42 Å². The summed E-state index contributed by atoms with van der Waals surface area (Å²) in [5.74, 6) is 0.647. The van der Waals surface area contributed by atoms with Crippen molar-refractivity contribution in [2.24, 2.45) is 0 Å². The second kappa shape index (κ2) is 12.1. The summed E-state index contributed by atoms with van der Waals surface area (Å²) < 4.78 is 50.8. The minimum atomic E-state index is -3.95. The summed E-state index contributed by atoms with van der Waals surface area (Å²) in [5, 5.41) is 30.6. The molecule has 0 fully saturated rings. The number of nitrogens with zero attached hydrogens (tertiary/aromatic N) is 2. The predicted molar refractivity (Wildman–Crippen MR) is 137 cm³/mol. The van der Waals surface area contributed by atoms with Crippen LogP contribution in [-0.2, 0) is 14.3 Å². The number of hydrogen-bond donors (Lipinski definition) is 1. The third-order valence-corrected chi connectivity index (χ3v) is 6.95. The van der Waals surface area contributed by atoms with Crippen molar-refractivity contribution in [2.45, 2.75) is 24.0 Å². The molecule has 0 radical (unpaired) electrons. The summed E-state index contributed by atoms with van der Waals surface area (Å²) in [5.41, 5.74) is 0.529. The van der Waals surface area contributed by atoms with Gasteiger partial charge in [-0.05, 0) is 31.2 Å². The molecule has 3 aromatic rings. The molecule has 0 spiro atoms. The van der Waals surface area contributed by atoms with E-state index in [0.717, 1.165) is 5.56 Å². The predicted octanol–water partition coefficient (Wildman–Crippen LogP) is 3.18. The van der Waals surface area contributed by atoms with E-state index in [1.165, 1.54) is 36.4 Å². The smallest absolute Gasteiger partial charge is 0.314 e. The lowest BCUT2D eigenvalue weighted by Gasteiger charge is -2.25. The molecule has 0 aromatic heterocycles. The number of ether oxygens (including phenoxy) is 4. The van der Waals surface area contributed by atoms with E-state index in [-0.39, 0.29) is 59.9 Å². The molecule has 212 valence electrons. The lowest BCUT2D eigenvalue weighted by Crippen LogP contribution is -2.34. The second-order valence-electron chi connectivity index (χ2n) is 8.56. The van der Waals surface area contributed by atoms with Crippen LogP contribution in [0.25, 0.3) is 0 Å². The van der Waals surface area contributed by atoms with Gasteiger partial charge in [-0.25, -0.2) is 0 Å². The van der Waals surface area contributed by atoms with Gasteiger partial charge in [0, 0.05) is 12.1 Å². The van der Waals surface area contributed by atoms with Crippen LogP contribution < -0.4 is 18.9 Å². The number of nitro benzene ring substituents is 2. The number of aliphatic hydroxyl groups is 1. The minimum absolute atomic E-state index is 0.0254. The molecule has 0 saturated heterocycles. The Balaban J connectivity index is 0.000000210. The Kier molecular flexibility index (Phi) is 8.67. The van der Waals surface area contributed by atoms with Gasteiger partial charge in [0.1, 0.15) is 19.8 Å². The Hall–Kier alpha value is -4.47. The first-order valence-electron chi connectivity index (χ1n) is 11.8.